The summed E-state index contributed by atoms with van der Waals surface area (Å²) in [4.78, 5) is 12.2. The molecule has 3 fully saturated rings. The fourth-order valence-electron chi connectivity index (χ4n) is 4.52. The third kappa shape index (κ3) is 1.54. The molecule has 2 nitrogen and oxygen atoms in total. The summed E-state index contributed by atoms with van der Waals surface area (Å²) in [7, 11) is 2.41. The Labute approximate surface area is 98.6 Å². The van der Waals surface area contributed by atoms with Crippen LogP contribution in [0.1, 0.15) is 44.9 Å². The van der Waals surface area contributed by atoms with Crippen LogP contribution in [0, 0.1) is 11.8 Å². The molecule has 0 aromatic rings. The van der Waals surface area contributed by atoms with Gasteiger partial charge in [-0.3, -0.25) is 4.79 Å². The van der Waals surface area contributed by atoms with Gasteiger partial charge in [-0.05, 0) is 38.5 Å². The lowest BCUT2D eigenvalue weighted by atomic mass is 9.81. The molecule has 3 atom stereocenters. The average Bonchev–Trinajstić information content (AvgIpc) is 2.53. The first-order valence-electron chi connectivity index (χ1n) is 7.09. The maximum absolute atomic E-state index is 12.2. The molecule has 3 rings (SSSR count). The number of ketones is 1. The second-order valence-electron chi connectivity index (χ2n) is 6.42. The molecule has 0 spiro atoms. The van der Waals surface area contributed by atoms with Crippen molar-refractivity contribution in [2.75, 3.05) is 20.1 Å². The number of hydrogen-bond donors (Lipinski definition) is 0. The number of fused-ring (bicyclic) bond motifs is 2. The number of likely N-dealkylation sites (tertiary alicyclic amines) is 1. The van der Waals surface area contributed by atoms with Crippen LogP contribution >= 0.6 is 0 Å². The third-order valence-electron chi connectivity index (χ3n) is 5.51. The molecule has 90 valence electrons. The number of nitrogens with zero attached hydrogens (tertiary/aromatic N) is 1. The van der Waals surface area contributed by atoms with Gasteiger partial charge < -0.3 is 4.48 Å². The van der Waals surface area contributed by atoms with E-state index in [-0.39, 0.29) is 0 Å². The van der Waals surface area contributed by atoms with Crippen molar-refractivity contribution in [1.82, 2.24) is 0 Å². The van der Waals surface area contributed by atoms with Crippen LogP contribution in [0.5, 0.6) is 0 Å². The first kappa shape index (κ1) is 10.8. The standard InChI is InChI=1S/C14H24NO/c1-15(9-3-2-4-10-15)13-8-6-11-5-7-12(13)14(11)16/h11-13H,2-10H2,1H3/q+1/t11-,12+,13+/m1/s1. The quantitative estimate of drug-likeness (QED) is 0.623. The normalized spacial score (nSPS) is 42.3. The highest BCUT2D eigenvalue weighted by Gasteiger charge is 2.50. The summed E-state index contributed by atoms with van der Waals surface area (Å²) in [6, 6.07) is 0.673. The van der Waals surface area contributed by atoms with Crippen LogP contribution < -0.4 is 0 Å². The first-order valence-corrected chi connectivity index (χ1v) is 7.09. The Bertz CT molecular complexity index is 293. The Kier molecular flexibility index (Phi) is 2.58. The van der Waals surface area contributed by atoms with Crippen LogP contribution in [-0.2, 0) is 4.79 Å². The lowest BCUT2D eigenvalue weighted by Gasteiger charge is -2.47. The van der Waals surface area contributed by atoms with Crippen molar-refractivity contribution in [3.8, 4) is 0 Å². The molecule has 2 aliphatic carbocycles. The Morgan fingerprint density at radius 2 is 1.69 bits per heavy atom. The molecule has 0 aromatic carbocycles. The minimum absolute atomic E-state index is 0.432. The predicted molar refractivity (Wildman–Crippen MR) is 64.0 cm³/mol. The Morgan fingerprint density at radius 3 is 2.44 bits per heavy atom. The summed E-state index contributed by atoms with van der Waals surface area (Å²) in [6.07, 6.45) is 9.05. The SMILES string of the molecule is C[N+]1([C@H]2CC[C@H]3CC[C@@H]2C3=O)CCCCC1. The van der Waals surface area contributed by atoms with Crippen LogP contribution in [0.25, 0.3) is 0 Å². The van der Waals surface area contributed by atoms with Gasteiger partial charge >= 0.3 is 0 Å². The van der Waals surface area contributed by atoms with Crippen molar-refractivity contribution in [2.24, 2.45) is 11.8 Å². The zero-order valence-electron chi connectivity index (χ0n) is 10.5. The molecule has 2 saturated carbocycles. The lowest BCUT2D eigenvalue weighted by Crippen LogP contribution is -2.59. The fraction of sp³-hybridized carbons (Fsp3) is 0.929. The zero-order chi connectivity index (χ0) is 11.2. The third-order valence-corrected chi connectivity index (χ3v) is 5.51. The number of carbonyl (C=O) groups excluding carboxylic acids is 1. The summed E-state index contributed by atoms with van der Waals surface area (Å²) >= 11 is 0. The largest absolute Gasteiger partial charge is 0.323 e. The van der Waals surface area contributed by atoms with E-state index >= 15 is 0 Å². The zero-order valence-corrected chi connectivity index (χ0v) is 10.5. The second kappa shape index (κ2) is 3.83. The van der Waals surface area contributed by atoms with Gasteiger partial charge in [0.2, 0.25) is 0 Å². The van der Waals surface area contributed by atoms with Gasteiger partial charge in [0.25, 0.3) is 0 Å². The molecular formula is C14H24NO+. The Morgan fingerprint density at radius 1 is 1.00 bits per heavy atom. The summed E-state index contributed by atoms with van der Waals surface area (Å²) in [6.45, 7) is 2.64. The van der Waals surface area contributed by atoms with E-state index in [4.69, 9.17) is 0 Å². The summed E-state index contributed by atoms with van der Waals surface area (Å²) in [5, 5.41) is 0. The van der Waals surface area contributed by atoms with Gasteiger partial charge in [-0.15, -0.1) is 0 Å². The highest BCUT2D eigenvalue weighted by molar-refractivity contribution is 5.86. The van der Waals surface area contributed by atoms with E-state index in [1.807, 2.05) is 0 Å². The van der Waals surface area contributed by atoms with E-state index in [9.17, 15) is 4.79 Å². The molecule has 16 heavy (non-hydrogen) atoms. The van der Waals surface area contributed by atoms with Crippen molar-refractivity contribution in [1.29, 1.82) is 0 Å². The van der Waals surface area contributed by atoms with Crippen molar-refractivity contribution in [3.63, 3.8) is 0 Å². The number of rotatable bonds is 1. The van der Waals surface area contributed by atoms with Crippen LogP contribution in [0.15, 0.2) is 0 Å². The van der Waals surface area contributed by atoms with Gasteiger partial charge in [-0.25, -0.2) is 0 Å². The molecule has 0 radical (unpaired) electrons. The van der Waals surface area contributed by atoms with E-state index < -0.39 is 0 Å². The van der Waals surface area contributed by atoms with E-state index in [1.54, 1.807) is 0 Å². The number of quaternary nitrogens is 1. The van der Waals surface area contributed by atoms with E-state index in [0.717, 1.165) is 0 Å². The Hall–Kier alpha value is -0.370. The topological polar surface area (TPSA) is 17.1 Å². The highest BCUT2D eigenvalue weighted by Crippen LogP contribution is 2.43. The smallest absolute Gasteiger partial charge is 0.144 e. The molecule has 1 aliphatic heterocycles. The molecule has 0 aromatic heterocycles. The molecule has 2 bridgehead atoms. The van der Waals surface area contributed by atoms with Crippen LogP contribution in [0.2, 0.25) is 0 Å². The van der Waals surface area contributed by atoms with Crippen LogP contribution in [0.3, 0.4) is 0 Å². The first-order chi connectivity index (χ1) is 7.71. The van der Waals surface area contributed by atoms with Gasteiger partial charge in [0.05, 0.1) is 32.1 Å². The summed E-state index contributed by atoms with van der Waals surface area (Å²) in [5.41, 5.74) is 0. The van der Waals surface area contributed by atoms with Crippen LogP contribution in [0.4, 0.5) is 0 Å². The van der Waals surface area contributed by atoms with Crippen molar-refractivity contribution < 1.29 is 9.28 Å². The average molecular weight is 222 g/mol. The molecule has 1 saturated heterocycles. The molecule has 0 unspecified atom stereocenters. The van der Waals surface area contributed by atoms with Gasteiger partial charge in [-0.2, -0.15) is 0 Å². The maximum Gasteiger partial charge on any atom is 0.144 e. The van der Waals surface area contributed by atoms with Crippen molar-refractivity contribution >= 4 is 5.78 Å². The number of hydrogen-bond acceptors (Lipinski definition) is 1. The molecular weight excluding hydrogens is 198 g/mol. The number of Topliss-reactive ketones (excluding diaryl/α,β-unsaturated/α-hetero) is 1. The molecule has 0 amide bonds. The molecule has 0 N–H and O–H groups in total. The van der Waals surface area contributed by atoms with E-state index in [2.05, 4.69) is 7.05 Å². The van der Waals surface area contributed by atoms with E-state index in [0.29, 0.717) is 23.7 Å². The minimum Gasteiger partial charge on any atom is -0.323 e. The van der Waals surface area contributed by atoms with Crippen molar-refractivity contribution in [3.05, 3.63) is 0 Å². The number of carbonyl (C=O) groups is 1. The van der Waals surface area contributed by atoms with Crippen LogP contribution in [-0.4, -0.2) is 36.4 Å². The lowest BCUT2D eigenvalue weighted by molar-refractivity contribution is -0.940. The fourth-order valence-corrected chi connectivity index (χ4v) is 4.52. The molecule has 3 aliphatic rings. The number of piperidine rings is 1. The monoisotopic (exact) mass is 222 g/mol. The highest BCUT2D eigenvalue weighted by atomic mass is 16.1. The maximum atomic E-state index is 12.2. The molecule has 1 heterocycles. The van der Waals surface area contributed by atoms with Gasteiger partial charge in [-0.1, -0.05) is 0 Å². The Balaban J connectivity index is 1.81. The molecule has 2 heteroatoms. The predicted octanol–water partition coefficient (Wildman–Crippen LogP) is 2.37. The van der Waals surface area contributed by atoms with Gasteiger partial charge in [0, 0.05) is 12.3 Å². The minimum atomic E-state index is 0.432. The second-order valence-corrected chi connectivity index (χ2v) is 6.42. The summed E-state index contributed by atoms with van der Waals surface area (Å²) in [5.74, 6) is 1.51. The van der Waals surface area contributed by atoms with Gasteiger partial charge in [0.15, 0.2) is 0 Å². The van der Waals surface area contributed by atoms with Crippen molar-refractivity contribution in [2.45, 2.75) is 51.0 Å². The summed E-state index contributed by atoms with van der Waals surface area (Å²) < 4.78 is 1.21. The van der Waals surface area contributed by atoms with Gasteiger partial charge in [0.1, 0.15) is 5.78 Å². The van der Waals surface area contributed by atoms with E-state index in [1.165, 1.54) is 62.5 Å².